The van der Waals surface area contributed by atoms with Crippen LogP contribution in [-0.2, 0) is 14.8 Å². The fourth-order valence-electron chi connectivity index (χ4n) is 2.60. The zero-order valence-electron chi connectivity index (χ0n) is 15.8. The van der Waals surface area contributed by atoms with Crippen LogP contribution < -0.4 is 14.8 Å². The van der Waals surface area contributed by atoms with Crippen molar-refractivity contribution in [3.63, 3.8) is 0 Å². The lowest BCUT2D eigenvalue weighted by atomic mass is 10.1. The van der Waals surface area contributed by atoms with Crippen LogP contribution in [0.25, 0.3) is 11.1 Å². The number of hydrogen-bond donors (Lipinski definition) is 2. The Labute approximate surface area is 183 Å². The van der Waals surface area contributed by atoms with Gasteiger partial charge in [0, 0.05) is 29.9 Å². The van der Waals surface area contributed by atoms with E-state index in [0.717, 1.165) is 0 Å². The van der Waals surface area contributed by atoms with Gasteiger partial charge in [-0.05, 0) is 42.0 Å². The Bertz CT molecular complexity index is 1200. The van der Waals surface area contributed by atoms with Gasteiger partial charge in [0.25, 0.3) is 10.0 Å². The first-order valence-electron chi connectivity index (χ1n) is 8.46. The summed E-state index contributed by atoms with van der Waals surface area (Å²) in [4.78, 5) is 19.5. The molecule has 0 fully saturated rings. The van der Waals surface area contributed by atoms with Crippen molar-refractivity contribution < 1.29 is 17.9 Å². The highest BCUT2D eigenvalue weighted by Crippen LogP contribution is 2.35. The summed E-state index contributed by atoms with van der Waals surface area (Å²) in [5, 5.41) is 3.08. The number of ether oxygens (including phenoxy) is 1. The maximum Gasteiger partial charge on any atom is 0.267 e. The third-order valence-corrected chi connectivity index (χ3v) is 5.81. The van der Waals surface area contributed by atoms with Crippen LogP contribution in [0.5, 0.6) is 5.88 Å². The molecule has 156 valence electrons. The molecule has 0 spiro atoms. The first kappa shape index (κ1) is 21.8. The molecule has 0 atom stereocenters. The number of methoxy groups -OCH3 is 1. The van der Waals surface area contributed by atoms with E-state index in [1.165, 1.54) is 50.7 Å². The van der Waals surface area contributed by atoms with Crippen molar-refractivity contribution in [1.29, 1.82) is 0 Å². The number of nitrogens with zero attached hydrogens (tertiary/aromatic N) is 2. The predicted octanol–water partition coefficient (Wildman–Crippen LogP) is 4.22. The second-order valence-electron chi connectivity index (χ2n) is 6.04. The van der Waals surface area contributed by atoms with E-state index < -0.39 is 10.0 Å². The molecule has 0 saturated carbocycles. The Morgan fingerprint density at radius 3 is 2.40 bits per heavy atom. The fraction of sp³-hybridized carbons (Fsp3) is 0.105. The van der Waals surface area contributed by atoms with Gasteiger partial charge in [-0.15, -0.1) is 0 Å². The molecule has 0 aliphatic carbocycles. The smallest absolute Gasteiger partial charge is 0.267 e. The molecule has 0 aliphatic rings. The molecule has 30 heavy (non-hydrogen) atoms. The first-order chi connectivity index (χ1) is 14.2. The Morgan fingerprint density at radius 1 is 1.10 bits per heavy atom. The monoisotopic (exact) mass is 466 g/mol. The minimum absolute atomic E-state index is 0.127. The summed E-state index contributed by atoms with van der Waals surface area (Å²) in [6.45, 7) is 1.32. The molecule has 3 rings (SSSR count). The van der Waals surface area contributed by atoms with E-state index in [1.54, 1.807) is 12.1 Å². The summed E-state index contributed by atoms with van der Waals surface area (Å²) in [5.74, 6) is -0.426. The molecular weight excluding hydrogens is 451 g/mol. The summed E-state index contributed by atoms with van der Waals surface area (Å²) >= 11 is 12.0. The van der Waals surface area contributed by atoms with Crippen molar-refractivity contribution in [1.82, 2.24) is 9.97 Å². The molecule has 2 heterocycles. The van der Waals surface area contributed by atoms with E-state index >= 15 is 0 Å². The number of hydrogen-bond acceptors (Lipinski definition) is 6. The van der Waals surface area contributed by atoms with Gasteiger partial charge < -0.3 is 10.1 Å². The zero-order chi connectivity index (χ0) is 21.9. The molecule has 0 saturated heterocycles. The van der Waals surface area contributed by atoms with Crippen molar-refractivity contribution in [2.75, 3.05) is 17.1 Å². The fourth-order valence-corrected chi connectivity index (χ4v) is 4.32. The van der Waals surface area contributed by atoms with Gasteiger partial charge in [0.15, 0.2) is 4.90 Å². The molecule has 8 nitrogen and oxygen atoms in total. The van der Waals surface area contributed by atoms with Crippen LogP contribution >= 0.6 is 23.2 Å². The maximum absolute atomic E-state index is 13.1. The summed E-state index contributed by atoms with van der Waals surface area (Å²) in [7, 11) is -2.88. The number of pyridine rings is 2. The quantitative estimate of drug-likeness (QED) is 0.562. The highest BCUT2D eigenvalue weighted by molar-refractivity contribution is 7.92. The molecule has 2 aromatic heterocycles. The van der Waals surface area contributed by atoms with Gasteiger partial charge in [0.2, 0.25) is 11.8 Å². The second kappa shape index (κ2) is 8.86. The molecule has 11 heteroatoms. The molecular formula is C19H16Cl2N4O4S. The Kier molecular flexibility index (Phi) is 6.45. The molecule has 1 aromatic carbocycles. The lowest BCUT2D eigenvalue weighted by Crippen LogP contribution is -2.17. The van der Waals surface area contributed by atoms with E-state index in [0.29, 0.717) is 16.1 Å². The molecule has 0 unspecified atom stereocenters. The number of anilines is 2. The number of rotatable bonds is 6. The van der Waals surface area contributed by atoms with Crippen LogP contribution in [0.15, 0.2) is 53.7 Å². The van der Waals surface area contributed by atoms with Crippen LogP contribution in [0.1, 0.15) is 6.92 Å². The summed E-state index contributed by atoms with van der Waals surface area (Å²) in [5.41, 5.74) is 1.11. The van der Waals surface area contributed by atoms with E-state index in [2.05, 4.69) is 20.0 Å². The topological polar surface area (TPSA) is 110 Å². The average Bonchev–Trinajstić information content (AvgIpc) is 2.70. The van der Waals surface area contributed by atoms with Gasteiger partial charge in [0.1, 0.15) is 5.82 Å². The van der Waals surface area contributed by atoms with Crippen LogP contribution in [0.3, 0.4) is 0 Å². The molecule has 2 N–H and O–H groups in total. The SMILES string of the molecule is COc1nc(NC(C)=O)c(-c2ccncc2)cc1S(=O)(=O)Nc1ccc(Cl)cc1Cl. The summed E-state index contributed by atoms with van der Waals surface area (Å²) in [6.07, 6.45) is 3.08. The van der Waals surface area contributed by atoms with Gasteiger partial charge in [0.05, 0.1) is 17.8 Å². The van der Waals surface area contributed by atoms with Crippen LogP contribution in [0.4, 0.5) is 11.5 Å². The lowest BCUT2D eigenvalue weighted by Gasteiger charge is -2.16. The van der Waals surface area contributed by atoms with Gasteiger partial charge in [-0.25, -0.2) is 8.42 Å². The first-order valence-corrected chi connectivity index (χ1v) is 10.7. The number of sulfonamides is 1. The Hall–Kier alpha value is -2.88. The number of carbonyl (C=O) groups excluding carboxylic acids is 1. The van der Waals surface area contributed by atoms with Crippen molar-refractivity contribution in [2.45, 2.75) is 11.8 Å². The minimum atomic E-state index is -4.16. The van der Waals surface area contributed by atoms with Crippen LogP contribution in [0.2, 0.25) is 10.0 Å². The normalized spacial score (nSPS) is 11.1. The van der Waals surface area contributed by atoms with Crippen molar-refractivity contribution in [3.05, 3.63) is 58.8 Å². The predicted molar refractivity (Wildman–Crippen MR) is 116 cm³/mol. The molecule has 0 bridgehead atoms. The maximum atomic E-state index is 13.1. The zero-order valence-corrected chi connectivity index (χ0v) is 18.1. The third-order valence-electron chi connectivity index (χ3n) is 3.90. The summed E-state index contributed by atoms with van der Waals surface area (Å²) < 4.78 is 33.8. The number of carbonyl (C=O) groups is 1. The Balaban J connectivity index is 2.16. The number of halogens is 2. The molecule has 0 radical (unpaired) electrons. The largest absolute Gasteiger partial charge is 0.480 e. The van der Waals surface area contributed by atoms with Crippen LogP contribution in [0, 0.1) is 0 Å². The standard InChI is InChI=1S/C19H16Cl2N4O4S/c1-11(26)23-18-14(12-5-7-22-8-6-12)10-17(19(24-18)29-2)30(27,28)25-16-4-3-13(20)9-15(16)21/h3-10,25H,1-2H3,(H,23,24,26). The van der Waals surface area contributed by atoms with Gasteiger partial charge >= 0.3 is 0 Å². The molecule has 0 aliphatic heterocycles. The Morgan fingerprint density at radius 2 is 1.80 bits per heavy atom. The van der Waals surface area contributed by atoms with E-state index in [1.807, 2.05) is 0 Å². The van der Waals surface area contributed by atoms with Gasteiger partial charge in [-0.2, -0.15) is 4.98 Å². The highest BCUT2D eigenvalue weighted by atomic mass is 35.5. The van der Waals surface area contributed by atoms with E-state index in [9.17, 15) is 13.2 Å². The lowest BCUT2D eigenvalue weighted by molar-refractivity contribution is -0.114. The number of nitrogens with one attached hydrogen (secondary N) is 2. The average molecular weight is 467 g/mol. The molecule has 1 amide bonds. The van der Waals surface area contributed by atoms with Crippen molar-refractivity contribution in [2.24, 2.45) is 0 Å². The number of amides is 1. The number of benzene rings is 1. The minimum Gasteiger partial charge on any atom is -0.480 e. The van der Waals surface area contributed by atoms with E-state index in [4.69, 9.17) is 27.9 Å². The van der Waals surface area contributed by atoms with Gasteiger partial charge in [-0.1, -0.05) is 23.2 Å². The molecule has 3 aromatic rings. The highest BCUT2D eigenvalue weighted by Gasteiger charge is 2.25. The third kappa shape index (κ3) is 4.81. The van der Waals surface area contributed by atoms with Crippen molar-refractivity contribution >= 4 is 50.6 Å². The van der Waals surface area contributed by atoms with Crippen LogP contribution in [-0.4, -0.2) is 31.4 Å². The van der Waals surface area contributed by atoms with Gasteiger partial charge in [-0.3, -0.25) is 14.5 Å². The number of aromatic nitrogens is 2. The van der Waals surface area contributed by atoms with Crippen molar-refractivity contribution in [3.8, 4) is 17.0 Å². The van der Waals surface area contributed by atoms with E-state index in [-0.39, 0.29) is 33.2 Å². The summed E-state index contributed by atoms with van der Waals surface area (Å²) in [6, 6.07) is 9.04. The second-order valence-corrected chi connectivity index (χ2v) is 8.53.